The second-order valence-corrected chi connectivity index (χ2v) is 7.80. The van der Waals surface area contributed by atoms with Crippen molar-refractivity contribution >= 4 is 23.7 Å². The van der Waals surface area contributed by atoms with E-state index in [0.29, 0.717) is 6.42 Å². The molecule has 4 atom stereocenters. The summed E-state index contributed by atoms with van der Waals surface area (Å²) in [5, 5.41) is 25.2. The number of aliphatic carboxylic acids is 1. The lowest BCUT2D eigenvalue weighted by Gasteiger charge is -2.24. The zero-order valence-electron chi connectivity index (χ0n) is 18.0. The molecule has 172 valence electrons. The molecule has 3 amide bonds. The molecule has 1 rings (SSSR count). The molecule has 0 heterocycles. The van der Waals surface area contributed by atoms with Crippen LogP contribution in [-0.4, -0.2) is 64.7 Å². The summed E-state index contributed by atoms with van der Waals surface area (Å²) in [5.74, 6) is -3.08. The highest BCUT2D eigenvalue weighted by Crippen LogP contribution is 2.07. The molecule has 0 spiro atoms. The fourth-order valence-electron chi connectivity index (χ4n) is 2.81. The molecule has 31 heavy (non-hydrogen) atoms. The van der Waals surface area contributed by atoms with Gasteiger partial charge < -0.3 is 31.9 Å². The van der Waals surface area contributed by atoms with Crippen LogP contribution in [0.4, 0.5) is 0 Å². The van der Waals surface area contributed by atoms with Crippen LogP contribution < -0.4 is 21.7 Å². The average molecular weight is 437 g/mol. The van der Waals surface area contributed by atoms with E-state index in [-0.39, 0.29) is 12.3 Å². The first-order valence-electron chi connectivity index (χ1n) is 10.1. The van der Waals surface area contributed by atoms with Gasteiger partial charge in [0, 0.05) is 6.42 Å². The Balaban J connectivity index is 2.88. The van der Waals surface area contributed by atoms with E-state index in [1.807, 2.05) is 19.9 Å². The van der Waals surface area contributed by atoms with Gasteiger partial charge in [-0.2, -0.15) is 0 Å². The van der Waals surface area contributed by atoms with Crippen LogP contribution in [0.1, 0.15) is 32.8 Å². The normalized spacial score (nSPS) is 14.8. The third-order valence-electron chi connectivity index (χ3n) is 4.53. The number of carboxylic acid groups (broad SMARTS) is 1. The molecule has 1 aromatic rings. The van der Waals surface area contributed by atoms with Crippen molar-refractivity contribution in [2.75, 3.05) is 6.61 Å². The number of aliphatic hydroxyl groups excluding tert-OH is 1. The lowest BCUT2D eigenvalue weighted by Crippen LogP contribution is -2.57. The van der Waals surface area contributed by atoms with Crippen molar-refractivity contribution in [1.82, 2.24) is 16.0 Å². The van der Waals surface area contributed by atoms with Gasteiger partial charge in [0.1, 0.15) is 18.1 Å². The number of carbonyl (C=O) groups excluding carboxylic acids is 3. The summed E-state index contributed by atoms with van der Waals surface area (Å²) in [6.45, 7) is 4.44. The minimum absolute atomic E-state index is 0.176. The Labute approximate surface area is 181 Å². The summed E-state index contributed by atoms with van der Waals surface area (Å²) in [7, 11) is 0. The number of amides is 3. The van der Waals surface area contributed by atoms with Crippen LogP contribution >= 0.6 is 0 Å². The zero-order chi connectivity index (χ0) is 23.6. The summed E-state index contributed by atoms with van der Waals surface area (Å²) < 4.78 is 0. The maximum Gasteiger partial charge on any atom is 0.328 e. The van der Waals surface area contributed by atoms with Crippen LogP contribution in [0.15, 0.2) is 30.3 Å². The molecule has 0 saturated carbocycles. The molecule has 0 saturated heterocycles. The Hall–Kier alpha value is -2.98. The van der Waals surface area contributed by atoms with Crippen LogP contribution in [-0.2, 0) is 25.6 Å². The van der Waals surface area contributed by atoms with Gasteiger partial charge in [-0.05, 0) is 24.8 Å². The van der Waals surface area contributed by atoms with Gasteiger partial charge >= 0.3 is 5.97 Å². The number of rotatable bonds is 12. The first-order chi connectivity index (χ1) is 14.5. The van der Waals surface area contributed by atoms with Gasteiger partial charge in [-0.25, -0.2) is 4.79 Å². The van der Waals surface area contributed by atoms with Crippen LogP contribution in [0.3, 0.4) is 0 Å². The largest absolute Gasteiger partial charge is 0.480 e. The maximum atomic E-state index is 12.8. The van der Waals surface area contributed by atoms with Gasteiger partial charge in [0.15, 0.2) is 0 Å². The molecule has 10 heteroatoms. The topological polar surface area (TPSA) is 171 Å². The highest BCUT2D eigenvalue weighted by Gasteiger charge is 2.28. The van der Waals surface area contributed by atoms with E-state index in [9.17, 15) is 19.2 Å². The standard InChI is InChI=1S/C21H32N4O6/c1-12(2)9-15(22)19(28)24-16(10-14-7-5-4-6-8-14)20(29)23-13(3)18(27)25-17(11-26)21(30)31/h4-8,12-13,15-17,26H,9-11,22H2,1-3H3,(H,23,29)(H,24,28)(H,25,27)(H,30,31). The number of hydrogen-bond acceptors (Lipinski definition) is 6. The molecule has 0 aliphatic rings. The van der Waals surface area contributed by atoms with E-state index >= 15 is 0 Å². The van der Waals surface area contributed by atoms with Gasteiger partial charge in [0.2, 0.25) is 17.7 Å². The lowest BCUT2D eigenvalue weighted by atomic mass is 10.0. The summed E-state index contributed by atoms with van der Waals surface area (Å²) >= 11 is 0. The van der Waals surface area contributed by atoms with Gasteiger partial charge in [-0.3, -0.25) is 14.4 Å². The van der Waals surface area contributed by atoms with Crippen molar-refractivity contribution in [3.05, 3.63) is 35.9 Å². The fraction of sp³-hybridized carbons (Fsp3) is 0.524. The molecule has 0 aliphatic heterocycles. The molecule has 0 bridgehead atoms. The third kappa shape index (κ3) is 9.14. The van der Waals surface area contributed by atoms with Crippen molar-refractivity contribution in [2.45, 2.75) is 57.8 Å². The van der Waals surface area contributed by atoms with Crippen molar-refractivity contribution in [3.8, 4) is 0 Å². The first-order valence-corrected chi connectivity index (χ1v) is 10.1. The molecule has 0 aromatic heterocycles. The average Bonchev–Trinajstić information content (AvgIpc) is 2.70. The van der Waals surface area contributed by atoms with Gasteiger partial charge in [0.05, 0.1) is 12.6 Å². The Bertz CT molecular complexity index is 755. The van der Waals surface area contributed by atoms with Crippen LogP contribution in [0.2, 0.25) is 0 Å². The lowest BCUT2D eigenvalue weighted by molar-refractivity contribution is -0.143. The summed E-state index contributed by atoms with van der Waals surface area (Å²) in [6.07, 6.45) is 0.623. The number of carboxylic acids is 1. The van der Waals surface area contributed by atoms with E-state index in [1.54, 1.807) is 24.3 Å². The van der Waals surface area contributed by atoms with Gasteiger partial charge in [-0.15, -0.1) is 0 Å². The minimum Gasteiger partial charge on any atom is -0.480 e. The smallest absolute Gasteiger partial charge is 0.328 e. The Morgan fingerprint density at radius 2 is 1.48 bits per heavy atom. The summed E-state index contributed by atoms with van der Waals surface area (Å²) in [6, 6.07) is 4.67. The van der Waals surface area contributed by atoms with E-state index in [4.69, 9.17) is 15.9 Å². The third-order valence-corrected chi connectivity index (χ3v) is 4.53. The van der Waals surface area contributed by atoms with Crippen molar-refractivity contribution < 1.29 is 29.4 Å². The zero-order valence-corrected chi connectivity index (χ0v) is 18.0. The summed E-state index contributed by atoms with van der Waals surface area (Å²) in [4.78, 5) is 48.4. The number of benzene rings is 1. The molecule has 0 aliphatic carbocycles. The molecule has 0 fully saturated rings. The molecular formula is C21H32N4O6. The second kappa shape index (κ2) is 12.7. The number of nitrogens with one attached hydrogen (secondary N) is 3. The van der Waals surface area contributed by atoms with Crippen molar-refractivity contribution in [1.29, 1.82) is 0 Å². The van der Waals surface area contributed by atoms with Crippen LogP contribution in [0.25, 0.3) is 0 Å². The second-order valence-electron chi connectivity index (χ2n) is 7.80. The highest BCUT2D eigenvalue weighted by atomic mass is 16.4. The Morgan fingerprint density at radius 3 is 2.00 bits per heavy atom. The highest BCUT2D eigenvalue weighted by molar-refractivity contribution is 5.94. The van der Waals surface area contributed by atoms with Gasteiger partial charge in [-0.1, -0.05) is 44.2 Å². The molecule has 7 N–H and O–H groups in total. The first kappa shape index (κ1) is 26.1. The number of hydrogen-bond donors (Lipinski definition) is 6. The monoisotopic (exact) mass is 436 g/mol. The molecule has 10 nitrogen and oxygen atoms in total. The van der Waals surface area contributed by atoms with E-state index in [1.165, 1.54) is 6.92 Å². The summed E-state index contributed by atoms with van der Waals surface area (Å²) in [5.41, 5.74) is 6.72. The van der Waals surface area contributed by atoms with Gasteiger partial charge in [0.25, 0.3) is 0 Å². The van der Waals surface area contributed by atoms with E-state index in [2.05, 4.69) is 16.0 Å². The molecular weight excluding hydrogens is 404 g/mol. The van der Waals surface area contributed by atoms with Crippen LogP contribution in [0, 0.1) is 5.92 Å². The fourth-order valence-corrected chi connectivity index (χ4v) is 2.81. The minimum atomic E-state index is -1.49. The van der Waals surface area contributed by atoms with Crippen molar-refractivity contribution in [3.63, 3.8) is 0 Å². The maximum absolute atomic E-state index is 12.8. The predicted octanol–water partition coefficient (Wildman–Crippen LogP) is -0.846. The molecule has 4 unspecified atom stereocenters. The molecule has 1 aromatic carbocycles. The predicted molar refractivity (Wildman–Crippen MR) is 114 cm³/mol. The number of carbonyl (C=O) groups is 4. The van der Waals surface area contributed by atoms with E-state index < -0.39 is 54.5 Å². The Kier molecular flexibility index (Phi) is 10.6. The quantitative estimate of drug-likeness (QED) is 0.248. The molecule has 0 radical (unpaired) electrons. The van der Waals surface area contributed by atoms with Crippen molar-refractivity contribution in [2.24, 2.45) is 11.7 Å². The van der Waals surface area contributed by atoms with E-state index in [0.717, 1.165) is 5.56 Å². The Morgan fingerprint density at radius 1 is 0.903 bits per heavy atom. The van der Waals surface area contributed by atoms with Crippen LogP contribution in [0.5, 0.6) is 0 Å². The number of nitrogens with two attached hydrogens (primary N) is 1. The SMILES string of the molecule is CC(C)CC(N)C(=O)NC(Cc1ccccc1)C(=O)NC(C)C(=O)NC(CO)C(=O)O. The number of aliphatic hydroxyl groups is 1.